The molecule has 4 nitrogen and oxygen atoms in total. The molecule has 2 aromatic carbocycles. The normalized spacial score (nSPS) is 14.6. The van der Waals surface area contributed by atoms with Crippen LogP contribution in [0.1, 0.15) is 11.1 Å². The van der Waals surface area contributed by atoms with Crippen molar-refractivity contribution in [1.82, 2.24) is 4.90 Å². The molecule has 2 amide bonds. The van der Waals surface area contributed by atoms with Gasteiger partial charge in [0.15, 0.2) is 0 Å². The van der Waals surface area contributed by atoms with E-state index in [-0.39, 0.29) is 11.7 Å². The van der Waals surface area contributed by atoms with Gasteiger partial charge in [0.25, 0.3) is 0 Å². The van der Waals surface area contributed by atoms with Crippen LogP contribution in [-0.2, 0) is 0 Å². The SMILES string of the molecule is Cc1ccc(NC(=O)N2CCN(c3c(F)cccc3F)CC2)cc1C. The summed E-state index contributed by atoms with van der Waals surface area (Å²) in [4.78, 5) is 15.7. The highest BCUT2D eigenvalue weighted by Gasteiger charge is 2.24. The van der Waals surface area contributed by atoms with Crippen LogP contribution in [0, 0.1) is 25.5 Å². The number of urea groups is 1. The third-order valence-corrected chi connectivity index (χ3v) is 4.58. The first kappa shape index (κ1) is 17.2. The summed E-state index contributed by atoms with van der Waals surface area (Å²) in [6, 6.07) is 9.40. The van der Waals surface area contributed by atoms with Crippen molar-refractivity contribution in [3.63, 3.8) is 0 Å². The second-order valence-electron chi connectivity index (χ2n) is 6.27. The number of para-hydroxylation sites is 1. The van der Waals surface area contributed by atoms with Gasteiger partial charge in [0.05, 0.1) is 0 Å². The Kier molecular flexibility index (Phi) is 4.88. The van der Waals surface area contributed by atoms with Crippen molar-refractivity contribution >= 4 is 17.4 Å². The Bertz CT molecular complexity index is 766. The van der Waals surface area contributed by atoms with Crippen molar-refractivity contribution < 1.29 is 13.6 Å². The van der Waals surface area contributed by atoms with Crippen LogP contribution in [0.2, 0.25) is 0 Å². The topological polar surface area (TPSA) is 35.6 Å². The molecule has 0 unspecified atom stereocenters. The Morgan fingerprint density at radius 1 is 0.960 bits per heavy atom. The first-order chi connectivity index (χ1) is 12.0. The van der Waals surface area contributed by atoms with Gasteiger partial charge in [0, 0.05) is 31.9 Å². The third-order valence-electron chi connectivity index (χ3n) is 4.58. The molecule has 0 saturated carbocycles. The predicted molar refractivity (Wildman–Crippen MR) is 95.1 cm³/mol. The smallest absolute Gasteiger partial charge is 0.321 e. The number of halogens is 2. The van der Waals surface area contributed by atoms with E-state index >= 15 is 0 Å². The zero-order chi connectivity index (χ0) is 18.0. The summed E-state index contributed by atoms with van der Waals surface area (Å²) in [6.45, 7) is 5.60. The number of hydrogen-bond acceptors (Lipinski definition) is 2. The molecule has 2 aromatic rings. The maximum absolute atomic E-state index is 13.9. The van der Waals surface area contributed by atoms with Crippen LogP contribution in [0.5, 0.6) is 0 Å². The molecule has 1 aliphatic heterocycles. The lowest BCUT2D eigenvalue weighted by molar-refractivity contribution is 0.208. The van der Waals surface area contributed by atoms with E-state index in [4.69, 9.17) is 0 Å². The van der Waals surface area contributed by atoms with Gasteiger partial charge in [-0.05, 0) is 49.2 Å². The fraction of sp³-hybridized carbons (Fsp3) is 0.316. The summed E-state index contributed by atoms with van der Waals surface area (Å²) in [7, 11) is 0. The molecule has 0 bridgehead atoms. The number of piperazine rings is 1. The summed E-state index contributed by atoms with van der Waals surface area (Å²) in [6.07, 6.45) is 0. The van der Waals surface area contributed by atoms with E-state index in [1.807, 2.05) is 32.0 Å². The minimum Gasteiger partial charge on any atom is -0.363 e. The Morgan fingerprint density at radius 3 is 2.20 bits per heavy atom. The number of nitrogens with one attached hydrogen (secondary N) is 1. The Morgan fingerprint density at radius 2 is 1.60 bits per heavy atom. The fourth-order valence-electron chi connectivity index (χ4n) is 2.95. The van der Waals surface area contributed by atoms with E-state index in [1.54, 1.807) is 9.80 Å². The molecule has 132 valence electrons. The largest absolute Gasteiger partial charge is 0.363 e. The van der Waals surface area contributed by atoms with Gasteiger partial charge in [-0.25, -0.2) is 13.6 Å². The lowest BCUT2D eigenvalue weighted by atomic mass is 10.1. The Hall–Kier alpha value is -2.63. The zero-order valence-corrected chi connectivity index (χ0v) is 14.4. The van der Waals surface area contributed by atoms with Crippen molar-refractivity contribution in [2.75, 3.05) is 36.4 Å². The van der Waals surface area contributed by atoms with Crippen molar-refractivity contribution in [2.45, 2.75) is 13.8 Å². The zero-order valence-electron chi connectivity index (χ0n) is 14.4. The molecule has 1 aliphatic rings. The molecule has 0 aromatic heterocycles. The second-order valence-corrected chi connectivity index (χ2v) is 6.27. The molecule has 0 spiro atoms. The summed E-state index contributed by atoms with van der Waals surface area (Å²) >= 11 is 0. The number of hydrogen-bond donors (Lipinski definition) is 1. The van der Waals surface area contributed by atoms with Gasteiger partial charge in [-0.1, -0.05) is 12.1 Å². The number of anilines is 2. The van der Waals surface area contributed by atoms with Crippen LogP contribution in [0.4, 0.5) is 25.0 Å². The molecule has 1 fully saturated rings. The van der Waals surface area contributed by atoms with Crippen LogP contribution in [0.3, 0.4) is 0 Å². The Labute approximate surface area is 146 Å². The van der Waals surface area contributed by atoms with Crippen molar-refractivity contribution in [3.8, 4) is 0 Å². The molecule has 3 rings (SSSR count). The van der Waals surface area contributed by atoms with Gasteiger partial charge in [0.1, 0.15) is 17.3 Å². The average Bonchev–Trinajstić information content (AvgIpc) is 2.58. The van der Waals surface area contributed by atoms with Crippen LogP contribution in [-0.4, -0.2) is 37.1 Å². The predicted octanol–water partition coefficient (Wildman–Crippen LogP) is 3.94. The maximum atomic E-state index is 13.9. The monoisotopic (exact) mass is 345 g/mol. The lowest BCUT2D eigenvalue weighted by Crippen LogP contribution is -2.50. The molecule has 1 saturated heterocycles. The summed E-state index contributed by atoms with van der Waals surface area (Å²) in [5.41, 5.74) is 3.00. The highest BCUT2D eigenvalue weighted by Crippen LogP contribution is 2.24. The molecule has 6 heteroatoms. The van der Waals surface area contributed by atoms with E-state index in [2.05, 4.69) is 5.32 Å². The molecule has 0 radical (unpaired) electrons. The van der Waals surface area contributed by atoms with Crippen LogP contribution in [0.25, 0.3) is 0 Å². The number of carbonyl (C=O) groups excluding carboxylic acids is 1. The summed E-state index contributed by atoms with van der Waals surface area (Å²) in [5.74, 6) is -1.15. The van der Waals surface area contributed by atoms with E-state index in [0.717, 1.165) is 11.3 Å². The Balaban J connectivity index is 1.62. The van der Waals surface area contributed by atoms with Gasteiger partial charge in [-0.3, -0.25) is 0 Å². The van der Waals surface area contributed by atoms with Crippen LogP contribution >= 0.6 is 0 Å². The number of benzene rings is 2. The van der Waals surface area contributed by atoms with E-state index in [0.29, 0.717) is 26.2 Å². The minimum atomic E-state index is -0.576. The first-order valence-electron chi connectivity index (χ1n) is 8.28. The van der Waals surface area contributed by atoms with E-state index in [1.165, 1.54) is 23.8 Å². The number of carbonyl (C=O) groups is 1. The van der Waals surface area contributed by atoms with Gasteiger partial charge in [-0.15, -0.1) is 0 Å². The molecule has 1 N–H and O–H groups in total. The molecular weight excluding hydrogens is 324 g/mol. The number of nitrogens with zero attached hydrogens (tertiary/aromatic N) is 2. The maximum Gasteiger partial charge on any atom is 0.321 e. The fourth-order valence-corrected chi connectivity index (χ4v) is 2.95. The average molecular weight is 345 g/mol. The highest BCUT2D eigenvalue weighted by molar-refractivity contribution is 5.89. The molecule has 0 atom stereocenters. The second kappa shape index (κ2) is 7.09. The van der Waals surface area contributed by atoms with Gasteiger partial charge in [0.2, 0.25) is 0 Å². The first-order valence-corrected chi connectivity index (χ1v) is 8.28. The van der Waals surface area contributed by atoms with Crippen molar-refractivity contribution in [3.05, 3.63) is 59.2 Å². The van der Waals surface area contributed by atoms with E-state index < -0.39 is 11.6 Å². The number of rotatable bonds is 2. The number of aryl methyl sites for hydroxylation is 2. The van der Waals surface area contributed by atoms with Gasteiger partial charge >= 0.3 is 6.03 Å². The van der Waals surface area contributed by atoms with Crippen LogP contribution in [0.15, 0.2) is 36.4 Å². The highest BCUT2D eigenvalue weighted by atomic mass is 19.1. The number of amides is 2. The molecule has 0 aliphatic carbocycles. The van der Waals surface area contributed by atoms with Gasteiger partial charge < -0.3 is 15.1 Å². The minimum absolute atomic E-state index is 0.0169. The summed E-state index contributed by atoms with van der Waals surface area (Å²) < 4.78 is 27.7. The van der Waals surface area contributed by atoms with Crippen molar-refractivity contribution in [2.24, 2.45) is 0 Å². The van der Waals surface area contributed by atoms with Gasteiger partial charge in [-0.2, -0.15) is 0 Å². The quantitative estimate of drug-likeness (QED) is 0.895. The van der Waals surface area contributed by atoms with Crippen molar-refractivity contribution in [1.29, 1.82) is 0 Å². The van der Waals surface area contributed by atoms with E-state index in [9.17, 15) is 13.6 Å². The lowest BCUT2D eigenvalue weighted by Gasteiger charge is -2.36. The summed E-state index contributed by atoms with van der Waals surface area (Å²) in [5, 5.41) is 2.88. The van der Waals surface area contributed by atoms with Crippen LogP contribution < -0.4 is 10.2 Å². The molecule has 25 heavy (non-hydrogen) atoms. The third kappa shape index (κ3) is 3.73. The molecular formula is C19H21F2N3O. The molecule has 1 heterocycles. The standard InChI is InChI=1S/C19H21F2N3O/c1-13-6-7-15(12-14(13)2)22-19(25)24-10-8-23(9-11-24)18-16(20)4-3-5-17(18)21/h3-7,12H,8-11H2,1-2H3,(H,22,25).